The normalized spacial score (nSPS) is 10.7. The van der Waals surface area contributed by atoms with Gasteiger partial charge in [-0.2, -0.15) is 5.10 Å². The Balaban J connectivity index is 1.35. The van der Waals surface area contributed by atoms with Crippen LogP contribution in [0.1, 0.15) is 27.4 Å². The van der Waals surface area contributed by atoms with Crippen LogP contribution in [0.4, 0.5) is 15.8 Å². The largest absolute Gasteiger partial charge is 0.479 e. The van der Waals surface area contributed by atoms with Gasteiger partial charge in [0.05, 0.1) is 23.4 Å². The van der Waals surface area contributed by atoms with E-state index in [1.165, 1.54) is 36.5 Å². The minimum Gasteiger partial charge on any atom is -0.479 e. The fraction of sp³-hybridized carbons (Fsp3) is 0.130. The van der Waals surface area contributed by atoms with Crippen molar-refractivity contribution in [1.29, 1.82) is 0 Å². The van der Waals surface area contributed by atoms with E-state index in [9.17, 15) is 19.3 Å². The van der Waals surface area contributed by atoms with Crippen molar-refractivity contribution >= 4 is 17.3 Å². The number of anilines is 1. The molecule has 168 valence electrons. The first-order chi connectivity index (χ1) is 15.9. The molecule has 0 aliphatic carbocycles. The molecule has 0 aliphatic rings. The van der Waals surface area contributed by atoms with Crippen molar-refractivity contribution < 1.29 is 23.3 Å². The zero-order valence-corrected chi connectivity index (χ0v) is 17.5. The summed E-state index contributed by atoms with van der Waals surface area (Å²) in [5, 5.41) is 18.1. The lowest BCUT2D eigenvalue weighted by Crippen LogP contribution is -2.10. The predicted molar refractivity (Wildman–Crippen MR) is 117 cm³/mol. The monoisotopic (exact) mass is 450 g/mol. The van der Waals surface area contributed by atoms with E-state index in [1.54, 1.807) is 42.1 Å². The van der Waals surface area contributed by atoms with Crippen LogP contribution in [-0.4, -0.2) is 20.6 Å². The van der Waals surface area contributed by atoms with E-state index < -0.39 is 10.8 Å². The summed E-state index contributed by atoms with van der Waals surface area (Å²) in [7, 11) is 0. The second kappa shape index (κ2) is 9.35. The molecule has 4 aromatic rings. The number of nitro benzene ring substituents is 1. The minimum atomic E-state index is -0.514. The Hall–Kier alpha value is -4.47. The number of nitrogens with one attached hydrogen (secondary N) is 1. The lowest BCUT2D eigenvalue weighted by Gasteiger charge is -2.06. The zero-order valence-electron chi connectivity index (χ0n) is 17.5. The zero-order chi connectivity index (χ0) is 23.4. The maximum atomic E-state index is 13.0. The Morgan fingerprint density at radius 2 is 2.00 bits per heavy atom. The van der Waals surface area contributed by atoms with Gasteiger partial charge in [-0.3, -0.25) is 19.6 Å². The quantitative estimate of drug-likeness (QED) is 0.307. The molecule has 10 heteroatoms. The van der Waals surface area contributed by atoms with Crippen LogP contribution in [0.3, 0.4) is 0 Å². The molecule has 9 nitrogen and oxygen atoms in total. The van der Waals surface area contributed by atoms with Crippen molar-refractivity contribution in [2.24, 2.45) is 0 Å². The Bertz CT molecular complexity index is 1300. The highest BCUT2D eigenvalue weighted by molar-refractivity contribution is 6.02. The molecular formula is C23H19FN4O5. The molecule has 1 N–H and O–H groups in total. The van der Waals surface area contributed by atoms with Crippen LogP contribution < -0.4 is 10.1 Å². The number of nitro groups is 1. The first-order valence-electron chi connectivity index (χ1n) is 9.92. The van der Waals surface area contributed by atoms with Gasteiger partial charge < -0.3 is 14.5 Å². The van der Waals surface area contributed by atoms with Gasteiger partial charge in [0.2, 0.25) is 0 Å². The topological polar surface area (TPSA) is 112 Å². The van der Waals surface area contributed by atoms with E-state index >= 15 is 0 Å². The Labute approximate surface area is 187 Å². The van der Waals surface area contributed by atoms with Crippen LogP contribution in [0.25, 0.3) is 0 Å². The molecule has 0 saturated heterocycles. The molecule has 2 heterocycles. The number of hydrogen-bond acceptors (Lipinski definition) is 6. The molecule has 2 aromatic carbocycles. The second-order valence-corrected chi connectivity index (χ2v) is 7.29. The summed E-state index contributed by atoms with van der Waals surface area (Å²) in [6.45, 7) is 2.09. The summed E-state index contributed by atoms with van der Waals surface area (Å²) >= 11 is 0. The minimum absolute atomic E-state index is 0.0540. The van der Waals surface area contributed by atoms with Gasteiger partial charge in [0.1, 0.15) is 18.2 Å². The molecule has 1 amide bonds. The van der Waals surface area contributed by atoms with Crippen molar-refractivity contribution in [3.05, 3.63) is 106 Å². The molecule has 0 spiro atoms. The summed E-state index contributed by atoms with van der Waals surface area (Å²) in [4.78, 5) is 23.2. The van der Waals surface area contributed by atoms with Crippen LogP contribution in [0.15, 0.2) is 71.4 Å². The molecular weight excluding hydrogens is 431 g/mol. The van der Waals surface area contributed by atoms with Crippen molar-refractivity contribution in [2.75, 3.05) is 5.32 Å². The van der Waals surface area contributed by atoms with Crippen LogP contribution in [0.2, 0.25) is 0 Å². The SMILES string of the molecule is Cc1ccc(OCc2ccc(C(=O)Nc3cnn(Cc4ccc(F)cc4)c3)o2)c([N+](=O)[O-])c1. The molecule has 0 saturated carbocycles. The Morgan fingerprint density at radius 1 is 1.21 bits per heavy atom. The number of hydrogen-bond donors (Lipinski definition) is 1. The molecule has 0 radical (unpaired) electrons. The number of aryl methyl sites for hydroxylation is 1. The van der Waals surface area contributed by atoms with Gasteiger partial charge in [-0.05, 0) is 48.4 Å². The smallest absolute Gasteiger partial charge is 0.311 e. The standard InChI is InChI=1S/C23H19FN4O5/c1-15-2-8-21(20(10-15)28(30)31)32-14-19-7-9-22(33-19)23(29)26-18-11-25-27(13-18)12-16-3-5-17(24)6-4-16/h2-11,13H,12,14H2,1H3,(H,26,29). The summed E-state index contributed by atoms with van der Waals surface area (Å²) in [5.74, 6) is -0.293. The molecule has 0 fully saturated rings. The van der Waals surface area contributed by atoms with Gasteiger partial charge in [0.15, 0.2) is 11.5 Å². The number of carbonyl (C=O) groups excluding carboxylic acids is 1. The molecule has 4 rings (SSSR count). The lowest BCUT2D eigenvalue weighted by atomic mass is 10.2. The fourth-order valence-electron chi connectivity index (χ4n) is 3.10. The first-order valence-corrected chi connectivity index (χ1v) is 9.92. The van der Waals surface area contributed by atoms with Gasteiger partial charge in [-0.25, -0.2) is 4.39 Å². The number of amides is 1. The van der Waals surface area contributed by atoms with Crippen molar-refractivity contribution in [1.82, 2.24) is 9.78 Å². The number of ether oxygens (including phenoxy) is 1. The number of carbonyl (C=O) groups is 1. The number of halogens is 1. The van der Waals surface area contributed by atoms with Crippen LogP contribution >= 0.6 is 0 Å². The van der Waals surface area contributed by atoms with Crippen molar-refractivity contribution in [2.45, 2.75) is 20.1 Å². The van der Waals surface area contributed by atoms with E-state index in [0.717, 1.165) is 11.1 Å². The number of nitrogens with zero attached hydrogens (tertiary/aromatic N) is 3. The van der Waals surface area contributed by atoms with Crippen molar-refractivity contribution in [3.8, 4) is 5.75 Å². The van der Waals surface area contributed by atoms with E-state index in [1.807, 2.05) is 0 Å². The predicted octanol–water partition coefficient (Wildman–Crippen LogP) is 4.71. The number of furan rings is 1. The number of rotatable bonds is 8. The average Bonchev–Trinajstić information content (AvgIpc) is 3.44. The fourth-order valence-corrected chi connectivity index (χ4v) is 3.10. The third-order valence-electron chi connectivity index (χ3n) is 4.72. The van der Waals surface area contributed by atoms with Gasteiger partial charge in [0, 0.05) is 12.3 Å². The third-order valence-corrected chi connectivity index (χ3v) is 4.72. The maximum Gasteiger partial charge on any atom is 0.311 e. The highest BCUT2D eigenvalue weighted by atomic mass is 19.1. The molecule has 0 atom stereocenters. The maximum absolute atomic E-state index is 13.0. The van der Waals surface area contributed by atoms with Crippen LogP contribution in [-0.2, 0) is 13.2 Å². The third kappa shape index (κ3) is 5.42. The van der Waals surface area contributed by atoms with E-state index in [-0.39, 0.29) is 29.6 Å². The summed E-state index contributed by atoms with van der Waals surface area (Å²) in [6, 6.07) is 13.8. The molecule has 2 aromatic heterocycles. The van der Waals surface area contributed by atoms with Gasteiger partial charge in [-0.1, -0.05) is 18.2 Å². The van der Waals surface area contributed by atoms with E-state index in [0.29, 0.717) is 18.0 Å². The first kappa shape index (κ1) is 21.8. The summed E-state index contributed by atoms with van der Waals surface area (Å²) in [5.41, 5.74) is 1.93. The molecule has 0 aliphatic heterocycles. The van der Waals surface area contributed by atoms with Gasteiger partial charge in [0.25, 0.3) is 5.91 Å². The van der Waals surface area contributed by atoms with Crippen molar-refractivity contribution in [3.63, 3.8) is 0 Å². The number of aromatic nitrogens is 2. The van der Waals surface area contributed by atoms with E-state index in [2.05, 4.69) is 10.4 Å². The highest BCUT2D eigenvalue weighted by Gasteiger charge is 2.17. The average molecular weight is 450 g/mol. The van der Waals surface area contributed by atoms with E-state index in [4.69, 9.17) is 9.15 Å². The Kier molecular flexibility index (Phi) is 6.16. The van der Waals surface area contributed by atoms with Gasteiger partial charge >= 0.3 is 5.69 Å². The summed E-state index contributed by atoms with van der Waals surface area (Å²) < 4.78 is 25.7. The molecule has 0 bridgehead atoms. The number of benzene rings is 2. The van der Waals surface area contributed by atoms with Gasteiger partial charge in [-0.15, -0.1) is 0 Å². The molecule has 33 heavy (non-hydrogen) atoms. The lowest BCUT2D eigenvalue weighted by molar-refractivity contribution is -0.386. The highest BCUT2D eigenvalue weighted by Crippen LogP contribution is 2.28. The van der Waals surface area contributed by atoms with Crippen LogP contribution in [0.5, 0.6) is 5.75 Å². The molecule has 0 unspecified atom stereocenters. The summed E-state index contributed by atoms with van der Waals surface area (Å²) in [6.07, 6.45) is 3.13. The second-order valence-electron chi connectivity index (χ2n) is 7.29. The Morgan fingerprint density at radius 3 is 2.76 bits per heavy atom. The van der Waals surface area contributed by atoms with Crippen LogP contribution in [0, 0.1) is 22.9 Å².